The van der Waals surface area contributed by atoms with Crippen LogP contribution in [-0.4, -0.2) is 21.2 Å². The molecule has 0 unspecified atom stereocenters. The highest BCUT2D eigenvalue weighted by Crippen LogP contribution is 2.29. The van der Waals surface area contributed by atoms with E-state index in [0.717, 1.165) is 16.3 Å². The number of para-hydroxylation sites is 2. The maximum Gasteiger partial charge on any atom is 0.321 e. The summed E-state index contributed by atoms with van der Waals surface area (Å²) in [6.07, 6.45) is 0. The highest BCUT2D eigenvalue weighted by Gasteiger charge is 2.18. The maximum absolute atomic E-state index is 13.5. The molecule has 3 aromatic rings. The van der Waals surface area contributed by atoms with Gasteiger partial charge in [-0.15, -0.1) is 0 Å². The van der Waals surface area contributed by atoms with Crippen LogP contribution in [0.3, 0.4) is 0 Å². The van der Waals surface area contributed by atoms with Gasteiger partial charge in [-0.1, -0.05) is 30.0 Å². The summed E-state index contributed by atoms with van der Waals surface area (Å²) in [5, 5.41) is 2.60. The summed E-state index contributed by atoms with van der Waals surface area (Å²) >= 11 is 0.902. The number of benzene rings is 2. The molecule has 0 aliphatic heterocycles. The number of aromatic nitrogens is 2. The highest BCUT2D eigenvalue weighted by molar-refractivity contribution is 7.99. The molecule has 130 valence electrons. The van der Waals surface area contributed by atoms with Crippen molar-refractivity contribution in [1.29, 1.82) is 0 Å². The number of halogens is 3. The molecule has 8 heteroatoms. The molecule has 0 saturated heterocycles. The Balaban J connectivity index is 1.72. The number of aryl methyl sites for hydroxylation is 1. The van der Waals surface area contributed by atoms with E-state index in [0.29, 0.717) is 22.3 Å². The van der Waals surface area contributed by atoms with Crippen LogP contribution in [0, 0.1) is 12.7 Å². The van der Waals surface area contributed by atoms with Crippen molar-refractivity contribution in [3.8, 4) is 0 Å². The normalized spacial score (nSPS) is 11.2. The number of alkyl halides is 2. The zero-order valence-electron chi connectivity index (χ0n) is 13.2. The SMILES string of the molecule is Cc1ccc(NC(=O)CSc2nc3ccccc3n2C(F)F)cc1F. The van der Waals surface area contributed by atoms with Gasteiger partial charge < -0.3 is 5.32 Å². The van der Waals surface area contributed by atoms with Crippen molar-refractivity contribution in [2.75, 3.05) is 11.1 Å². The number of nitrogens with one attached hydrogen (secondary N) is 1. The molecule has 1 amide bonds. The first-order valence-electron chi connectivity index (χ1n) is 7.39. The number of carbonyl (C=O) groups excluding carboxylic acids is 1. The van der Waals surface area contributed by atoms with Gasteiger partial charge in [0.2, 0.25) is 5.91 Å². The number of hydrogen-bond acceptors (Lipinski definition) is 3. The molecule has 3 rings (SSSR count). The molecule has 25 heavy (non-hydrogen) atoms. The molecule has 1 aromatic heterocycles. The Bertz CT molecular complexity index is 927. The Kier molecular flexibility index (Phi) is 4.98. The fourth-order valence-electron chi connectivity index (χ4n) is 2.31. The van der Waals surface area contributed by atoms with Crippen LogP contribution in [-0.2, 0) is 4.79 Å². The number of nitrogens with zero attached hydrogens (tertiary/aromatic N) is 2. The van der Waals surface area contributed by atoms with Gasteiger partial charge in [-0.3, -0.25) is 9.36 Å². The van der Waals surface area contributed by atoms with Crippen LogP contribution in [0.25, 0.3) is 11.0 Å². The standard InChI is InChI=1S/C17H14F3N3OS/c1-10-6-7-11(8-12(10)18)21-15(24)9-25-17-22-13-4-2-3-5-14(13)23(17)16(19)20/h2-8,16H,9H2,1H3,(H,21,24). The number of rotatable bonds is 5. The van der Waals surface area contributed by atoms with Crippen molar-refractivity contribution >= 4 is 34.4 Å². The molecule has 0 saturated carbocycles. The van der Waals surface area contributed by atoms with Gasteiger partial charge in [-0.05, 0) is 36.8 Å². The molecule has 1 heterocycles. The van der Waals surface area contributed by atoms with Crippen molar-refractivity contribution in [3.63, 3.8) is 0 Å². The third kappa shape index (κ3) is 3.79. The Hall–Kier alpha value is -2.48. The minimum Gasteiger partial charge on any atom is -0.325 e. The smallest absolute Gasteiger partial charge is 0.321 e. The lowest BCUT2D eigenvalue weighted by atomic mass is 10.2. The van der Waals surface area contributed by atoms with E-state index in [1.165, 1.54) is 6.07 Å². The summed E-state index contributed by atoms with van der Waals surface area (Å²) in [6, 6.07) is 10.9. The third-order valence-electron chi connectivity index (χ3n) is 3.55. The molecule has 0 aliphatic rings. The average Bonchev–Trinajstić information content (AvgIpc) is 2.95. The second-order valence-corrected chi connectivity index (χ2v) is 6.27. The highest BCUT2D eigenvalue weighted by atomic mass is 32.2. The van der Waals surface area contributed by atoms with E-state index >= 15 is 0 Å². The summed E-state index contributed by atoms with van der Waals surface area (Å²) in [7, 11) is 0. The number of carbonyl (C=O) groups is 1. The number of imidazole rings is 1. The summed E-state index contributed by atoms with van der Waals surface area (Å²) < 4.78 is 40.9. The van der Waals surface area contributed by atoms with Crippen LogP contribution in [0.15, 0.2) is 47.6 Å². The fourth-order valence-corrected chi connectivity index (χ4v) is 3.12. The summed E-state index contributed by atoms with van der Waals surface area (Å²) in [5.74, 6) is -0.975. The van der Waals surface area contributed by atoms with Crippen molar-refractivity contribution in [2.24, 2.45) is 0 Å². The Morgan fingerprint density at radius 1 is 1.28 bits per heavy atom. The second-order valence-electron chi connectivity index (χ2n) is 5.33. The lowest BCUT2D eigenvalue weighted by molar-refractivity contribution is -0.113. The molecule has 0 aliphatic carbocycles. The van der Waals surface area contributed by atoms with Gasteiger partial charge in [0.05, 0.1) is 16.8 Å². The van der Waals surface area contributed by atoms with E-state index in [9.17, 15) is 18.0 Å². The first-order valence-corrected chi connectivity index (χ1v) is 8.38. The van der Waals surface area contributed by atoms with Crippen LogP contribution < -0.4 is 5.32 Å². The van der Waals surface area contributed by atoms with Crippen molar-refractivity contribution < 1.29 is 18.0 Å². The maximum atomic E-state index is 13.5. The van der Waals surface area contributed by atoms with Crippen LogP contribution in [0.2, 0.25) is 0 Å². The van der Waals surface area contributed by atoms with Gasteiger partial charge in [-0.2, -0.15) is 8.78 Å². The molecule has 0 spiro atoms. The minimum atomic E-state index is -2.76. The van der Waals surface area contributed by atoms with Gasteiger partial charge in [0, 0.05) is 5.69 Å². The third-order valence-corrected chi connectivity index (χ3v) is 4.50. The zero-order chi connectivity index (χ0) is 18.0. The second kappa shape index (κ2) is 7.18. The van der Waals surface area contributed by atoms with Gasteiger partial charge in [0.1, 0.15) is 5.82 Å². The molecule has 2 aromatic carbocycles. The average molecular weight is 365 g/mol. The van der Waals surface area contributed by atoms with E-state index in [2.05, 4.69) is 10.3 Å². The molecule has 0 bridgehead atoms. The van der Waals surface area contributed by atoms with Gasteiger partial charge >= 0.3 is 6.55 Å². The Morgan fingerprint density at radius 3 is 2.76 bits per heavy atom. The predicted molar refractivity (Wildman–Crippen MR) is 91.5 cm³/mol. The van der Waals surface area contributed by atoms with E-state index in [-0.39, 0.29) is 10.9 Å². The molecule has 4 nitrogen and oxygen atoms in total. The zero-order valence-corrected chi connectivity index (χ0v) is 14.0. The summed E-state index contributed by atoms with van der Waals surface area (Å²) in [6.45, 7) is -1.14. The van der Waals surface area contributed by atoms with E-state index in [1.807, 2.05) is 0 Å². The lowest BCUT2D eigenvalue weighted by Crippen LogP contribution is -2.15. The Morgan fingerprint density at radius 2 is 2.04 bits per heavy atom. The molecular formula is C17H14F3N3OS. The summed E-state index contributed by atoms with van der Waals surface area (Å²) in [5.41, 5.74) is 1.53. The van der Waals surface area contributed by atoms with Crippen LogP contribution in [0.4, 0.5) is 18.9 Å². The van der Waals surface area contributed by atoms with Gasteiger partial charge in [0.15, 0.2) is 5.16 Å². The van der Waals surface area contributed by atoms with Crippen LogP contribution in [0.1, 0.15) is 12.1 Å². The molecule has 1 N–H and O–H groups in total. The van der Waals surface area contributed by atoms with E-state index < -0.39 is 18.3 Å². The molecule has 0 fully saturated rings. The van der Waals surface area contributed by atoms with Crippen molar-refractivity contribution in [1.82, 2.24) is 9.55 Å². The number of anilines is 1. The topological polar surface area (TPSA) is 46.9 Å². The predicted octanol–water partition coefficient (Wildman–Crippen LogP) is 4.61. The van der Waals surface area contributed by atoms with Gasteiger partial charge in [0.25, 0.3) is 0 Å². The van der Waals surface area contributed by atoms with E-state index in [1.54, 1.807) is 43.3 Å². The fraction of sp³-hybridized carbons (Fsp3) is 0.176. The molecular weight excluding hydrogens is 351 g/mol. The first kappa shape index (κ1) is 17.3. The number of hydrogen-bond donors (Lipinski definition) is 1. The molecule has 0 atom stereocenters. The van der Waals surface area contributed by atoms with Gasteiger partial charge in [-0.25, -0.2) is 9.37 Å². The number of fused-ring (bicyclic) bond motifs is 1. The van der Waals surface area contributed by atoms with E-state index in [4.69, 9.17) is 0 Å². The number of amides is 1. The Labute approximate surface area is 146 Å². The van der Waals surface area contributed by atoms with Crippen molar-refractivity contribution in [3.05, 3.63) is 53.8 Å². The lowest BCUT2D eigenvalue weighted by Gasteiger charge is -2.08. The van der Waals surface area contributed by atoms with Crippen LogP contribution >= 0.6 is 11.8 Å². The molecule has 0 radical (unpaired) electrons. The number of thioether (sulfide) groups is 1. The minimum absolute atomic E-state index is 0.0569. The summed E-state index contributed by atoms with van der Waals surface area (Å²) in [4.78, 5) is 16.1. The largest absolute Gasteiger partial charge is 0.325 e. The van der Waals surface area contributed by atoms with Crippen molar-refractivity contribution in [2.45, 2.75) is 18.6 Å². The quantitative estimate of drug-likeness (QED) is 0.672. The first-order chi connectivity index (χ1) is 12.0. The monoisotopic (exact) mass is 365 g/mol. The van der Waals surface area contributed by atoms with Crippen LogP contribution in [0.5, 0.6) is 0 Å².